The van der Waals surface area contributed by atoms with Gasteiger partial charge in [0.05, 0.1) is 0 Å². The minimum Gasteiger partial charge on any atom is -0.508 e. The molecule has 2 nitrogen and oxygen atoms in total. The molecule has 2 aromatic carbocycles. The smallest absolute Gasteiger partial charge is 0.120 e. The molecule has 0 bridgehead atoms. The molecule has 0 aliphatic heterocycles. The van der Waals surface area contributed by atoms with E-state index in [1.54, 1.807) is 6.07 Å². The topological polar surface area (TPSA) is 32.3 Å². The van der Waals surface area contributed by atoms with Gasteiger partial charge in [-0.05, 0) is 42.0 Å². The van der Waals surface area contributed by atoms with Crippen molar-refractivity contribution in [2.24, 2.45) is 5.92 Å². The predicted octanol–water partition coefficient (Wildman–Crippen LogP) is 3.82. The number of hydrogen-bond donors (Lipinski definition) is 2. The summed E-state index contributed by atoms with van der Waals surface area (Å²) < 4.78 is 0. The Labute approximate surface area is 114 Å². The molecule has 2 aromatic rings. The molecule has 2 N–H and O–H groups in total. The first-order valence-electron chi connectivity index (χ1n) is 7.17. The summed E-state index contributed by atoms with van der Waals surface area (Å²) in [5, 5.41) is 16.0. The van der Waals surface area contributed by atoms with E-state index in [2.05, 4.69) is 24.4 Å². The average molecular weight is 255 g/mol. The van der Waals surface area contributed by atoms with Gasteiger partial charge >= 0.3 is 0 Å². The van der Waals surface area contributed by atoms with Crippen LogP contribution in [0.1, 0.15) is 31.7 Å². The van der Waals surface area contributed by atoms with Crippen LogP contribution in [0.3, 0.4) is 0 Å². The molecule has 1 saturated carbocycles. The Morgan fingerprint density at radius 2 is 2.00 bits per heavy atom. The van der Waals surface area contributed by atoms with Crippen molar-refractivity contribution in [3.8, 4) is 5.75 Å². The summed E-state index contributed by atoms with van der Waals surface area (Å²) in [6, 6.07) is 12.6. The first-order valence-corrected chi connectivity index (χ1v) is 7.17. The van der Waals surface area contributed by atoms with Crippen molar-refractivity contribution in [3.63, 3.8) is 0 Å². The normalized spacial score (nSPS) is 23.0. The standard InChI is InChI=1S/C17H21NO/c1-12-6-8-14(10-12)18-11-16-15-5-3-2-4-13(15)7-9-17(16)19/h2-5,7,9,12,14,18-19H,6,8,10-11H2,1H3. The quantitative estimate of drug-likeness (QED) is 0.873. The molecule has 1 fully saturated rings. The van der Waals surface area contributed by atoms with Gasteiger partial charge in [0.25, 0.3) is 0 Å². The summed E-state index contributed by atoms with van der Waals surface area (Å²) in [5.74, 6) is 1.23. The highest BCUT2D eigenvalue weighted by Gasteiger charge is 2.21. The van der Waals surface area contributed by atoms with Gasteiger partial charge in [-0.2, -0.15) is 0 Å². The first-order chi connectivity index (χ1) is 9.24. The molecular formula is C17H21NO. The van der Waals surface area contributed by atoms with E-state index in [0.29, 0.717) is 11.8 Å². The molecule has 0 aromatic heterocycles. The van der Waals surface area contributed by atoms with E-state index in [9.17, 15) is 5.11 Å². The lowest BCUT2D eigenvalue weighted by Gasteiger charge is -2.15. The van der Waals surface area contributed by atoms with Crippen molar-refractivity contribution >= 4 is 10.8 Å². The number of hydrogen-bond acceptors (Lipinski definition) is 2. The summed E-state index contributed by atoms with van der Waals surface area (Å²) in [6.07, 6.45) is 3.83. The van der Waals surface area contributed by atoms with Crippen LogP contribution in [0.5, 0.6) is 5.75 Å². The Morgan fingerprint density at radius 1 is 1.16 bits per heavy atom. The third-order valence-corrected chi connectivity index (χ3v) is 4.28. The van der Waals surface area contributed by atoms with Crippen LogP contribution in [0.2, 0.25) is 0 Å². The Kier molecular flexibility index (Phi) is 3.43. The molecule has 1 aliphatic rings. The van der Waals surface area contributed by atoms with E-state index in [1.807, 2.05) is 18.2 Å². The third-order valence-electron chi connectivity index (χ3n) is 4.28. The highest BCUT2D eigenvalue weighted by molar-refractivity contribution is 5.87. The molecule has 19 heavy (non-hydrogen) atoms. The molecule has 0 radical (unpaired) electrons. The van der Waals surface area contributed by atoms with Crippen LogP contribution in [0.15, 0.2) is 36.4 Å². The van der Waals surface area contributed by atoms with Crippen molar-refractivity contribution in [3.05, 3.63) is 42.0 Å². The van der Waals surface area contributed by atoms with E-state index in [0.717, 1.165) is 23.4 Å². The van der Waals surface area contributed by atoms with Crippen LogP contribution < -0.4 is 5.32 Å². The lowest BCUT2D eigenvalue weighted by atomic mass is 10.0. The molecule has 2 atom stereocenters. The molecule has 2 heteroatoms. The summed E-state index contributed by atoms with van der Waals surface area (Å²) in [6.45, 7) is 3.07. The summed E-state index contributed by atoms with van der Waals surface area (Å²) in [4.78, 5) is 0. The fourth-order valence-electron chi connectivity index (χ4n) is 3.15. The van der Waals surface area contributed by atoms with Crippen LogP contribution in [0, 0.1) is 5.92 Å². The number of phenols is 1. The first kappa shape index (κ1) is 12.5. The molecule has 0 spiro atoms. The maximum atomic E-state index is 10.1. The summed E-state index contributed by atoms with van der Waals surface area (Å²) in [5.41, 5.74) is 1.03. The SMILES string of the molecule is CC1CCC(NCc2c(O)ccc3ccccc23)C1. The number of rotatable bonds is 3. The molecule has 1 aliphatic carbocycles. The van der Waals surface area contributed by atoms with Crippen molar-refractivity contribution in [1.29, 1.82) is 0 Å². The summed E-state index contributed by atoms with van der Waals surface area (Å²) in [7, 11) is 0. The zero-order valence-electron chi connectivity index (χ0n) is 11.4. The second-order valence-corrected chi connectivity index (χ2v) is 5.78. The number of phenolic OH excluding ortho intramolecular Hbond substituents is 1. The van der Waals surface area contributed by atoms with E-state index in [1.165, 1.54) is 24.6 Å². The van der Waals surface area contributed by atoms with Gasteiger partial charge in [0.1, 0.15) is 5.75 Å². The maximum Gasteiger partial charge on any atom is 0.120 e. The van der Waals surface area contributed by atoms with Crippen molar-refractivity contribution in [2.45, 2.75) is 38.8 Å². The highest BCUT2D eigenvalue weighted by Crippen LogP contribution is 2.29. The molecule has 100 valence electrons. The van der Waals surface area contributed by atoms with Gasteiger partial charge in [0.15, 0.2) is 0 Å². The van der Waals surface area contributed by atoms with Gasteiger partial charge in [-0.15, -0.1) is 0 Å². The monoisotopic (exact) mass is 255 g/mol. The van der Waals surface area contributed by atoms with Gasteiger partial charge in [-0.1, -0.05) is 37.3 Å². The fourth-order valence-corrected chi connectivity index (χ4v) is 3.15. The molecule has 0 heterocycles. The molecule has 0 saturated heterocycles. The van der Waals surface area contributed by atoms with E-state index in [4.69, 9.17) is 0 Å². The van der Waals surface area contributed by atoms with Crippen LogP contribution >= 0.6 is 0 Å². The van der Waals surface area contributed by atoms with Crippen molar-refractivity contribution in [2.75, 3.05) is 0 Å². The van der Waals surface area contributed by atoms with E-state index >= 15 is 0 Å². The van der Waals surface area contributed by atoms with Crippen LogP contribution in [-0.2, 0) is 6.54 Å². The highest BCUT2D eigenvalue weighted by atomic mass is 16.3. The Balaban J connectivity index is 1.82. The van der Waals surface area contributed by atoms with Crippen molar-refractivity contribution < 1.29 is 5.11 Å². The fraction of sp³-hybridized carbons (Fsp3) is 0.412. The molecule has 0 amide bonds. The average Bonchev–Trinajstić information content (AvgIpc) is 2.83. The van der Waals surface area contributed by atoms with E-state index < -0.39 is 0 Å². The second-order valence-electron chi connectivity index (χ2n) is 5.78. The minimum absolute atomic E-state index is 0.400. The zero-order valence-corrected chi connectivity index (χ0v) is 11.4. The third kappa shape index (κ3) is 2.59. The van der Waals surface area contributed by atoms with Crippen LogP contribution in [0.25, 0.3) is 10.8 Å². The Hall–Kier alpha value is -1.54. The lowest BCUT2D eigenvalue weighted by molar-refractivity contribution is 0.455. The predicted molar refractivity (Wildman–Crippen MR) is 79.3 cm³/mol. The molecular weight excluding hydrogens is 234 g/mol. The number of nitrogens with one attached hydrogen (secondary N) is 1. The maximum absolute atomic E-state index is 10.1. The van der Waals surface area contributed by atoms with Gasteiger partial charge in [0.2, 0.25) is 0 Å². The zero-order chi connectivity index (χ0) is 13.2. The van der Waals surface area contributed by atoms with Gasteiger partial charge < -0.3 is 10.4 Å². The van der Waals surface area contributed by atoms with Crippen molar-refractivity contribution in [1.82, 2.24) is 5.32 Å². The molecule has 2 unspecified atom stereocenters. The van der Waals surface area contributed by atoms with Crippen LogP contribution in [0.4, 0.5) is 0 Å². The van der Waals surface area contributed by atoms with E-state index in [-0.39, 0.29) is 0 Å². The Morgan fingerprint density at radius 3 is 2.79 bits per heavy atom. The van der Waals surface area contributed by atoms with Gasteiger partial charge in [-0.3, -0.25) is 0 Å². The van der Waals surface area contributed by atoms with Crippen LogP contribution in [-0.4, -0.2) is 11.1 Å². The second kappa shape index (κ2) is 5.22. The number of aromatic hydroxyl groups is 1. The minimum atomic E-state index is 0.400. The van der Waals surface area contributed by atoms with Gasteiger partial charge in [0, 0.05) is 18.2 Å². The summed E-state index contributed by atoms with van der Waals surface area (Å²) >= 11 is 0. The van der Waals surface area contributed by atoms with Gasteiger partial charge in [-0.25, -0.2) is 0 Å². The largest absolute Gasteiger partial charge is 0.508 e. The number of fused-ring (bicyclic) bond motifs is 1. The number of benzene rings is 2. The molecule has 3 rings (SSSR count). The Bertz CT molecular complexity index is 578. The lowest BCUT2D eigenvalue weighted by Crippen LogP contribution is -2.25.